The number of phenols is 2. The average Bonchev–Trinajstić information content (AvgIpc) is 2.97. The van der Waals surface area contributed by atoms with Crippen LogP contribution in [0.25, 0.3) is 0 Å². The third-order valence-corrected chi connectivity index (χ3v) is 7.72. The third kappa shape index (κ3) is 5.95. The van der Waals surface area contributed by atoms with Crippen molar-refractivity contribution in [3.63, 3.8) is 0 Å². The predicted octanol–water partition coefficient (Wildman–Crippen LogP) is -1.16. The highest BCUT2D eigenvalue weighted by atomic mass is 16.8. The number of aromatic hydroxyl groups is 2. The van der Waals surface area contributed by atoms with Gasteiger partial charge in [-0.15, -0.1) is 0 Å². The zero-order chi connectivity index (χ0) is 31.2. The first-order chi connectivity index (χ1) is 20.4. The maximum absolute atomic E-state index is 13.0. The van der Waals surface area contributed by atoms with Gasteiger partial charge in [0.2, 0.25) is 6.29 Å². The Morgan fingerprint density at radius 1 is 0.884 bits per heavy atom. The van der Waals surface area contributed by atoms with E-state index in [0.717, 1.165) is 6.07 Å². The molecule has 15 heteroatoms. The zero-order valence-electron chi connectivity index (χ0n) is 23.1. The Morgan fingerprint density at radius 3 is 2.30 bits per heavy atom. The van der Waals surface area contributed by atoms with E-state index in [0.29, 0.717) is 5.56 Å². The second-order valence-corrected chi connectivity index (χ2v) is 10.6. The van der Waals surface area contributed by atoms with E-state index >= 15 is 0 Å². The van der Waals surface area contributed by atoms with Gasteiger partial charge < -0.3 is 69.3 Å². The topological polar surface area (TPSA) is 234 Å². The first-order valence-corrected chi connectivity index (χ1v) is 13.5. The summed E-state index contributed by atoms with van der Waals surface area (Å²) < 4.78 is 33.7. The SMILES string of the molecule is COc1ccc([C@@H]2CC(=O)c3c(O)cc(O[C@@H]4O[C@H](CO)[C@@H](O)[C@H](O)[C@H]4O[C@@H]4O[C@@H](C)[C@H](O)C(O)[C@H]4O)cc3O2)cc1O. The molecule has 2 saturated heterocycles. The van der Waals surface area contributed by atoms with Crippen molar-refractivity contribution in [1.29, 1.82) is 0 Å². The highest BCUT2D eigenvalue weighted by molar-refractivity contribution is 6.02. The molecular weight excluding hydrogens is 576 g/mol. The Morgan fingerprint density at radius 2 is 1.63 bits per heavy atom. The highest BCUT2D eigenvalue weighted by Gasteiger charge is 2.51. The van der Waals surface area contributed by atoms with Crippen LogP contribution in [0.5, 0.6) is 28.7 Å². The fraction of sp³-hybridized carbons (Fsp3) is 0.536. The average molecular weight is 611 g/mol. The number of ether oxygens (including phenoxy) is 6. The van der Waals surface area contributed by atoms with E-state index < -0.39 is 85.7 Å². The summed E-state index contributed by atoms with van der Waals surface area (Å²) in [6.07, 6.45) is -16.3. The van der Waals surface area contributed by atoms with Crippen molar-refractivity contribution >= 4 is 5.78 Å². The largest absolute Gasteiger partial charge is 0.507 e. The molecule has 3 aliphatic heterocycles. The van der Waals surface area contributed by atoms with Gasteiger partial charge >= 0.3 is 0 Å². The molecule has 0 spiro atoms. The summed E-state index contributed by atoms with van der Waals surface area (Å²) in [5.41, 5.74) is 0.352. The monoisotopic (exact) mass is 610 g/mol. The van der Waals surface area contributed by atoms with Crippen LogP contribution in [0.1, 0.15) is 35.4 Å². The number of aliphatic hydroxyl groups is 6. The third-order valence-electron chi connectivity index (χ3n) is 7.72. The molecule has 0 radical (unpaired) electrons. The fourth-order valence-corrected chi connectivity index (χ4v) is 5.29. The van der Waals surface area contributed by atoms with Crippen LogP contribution in [0.15, 0.2) is 30.3 Å². The van der Waals surface area contributed by atoms with Crippen LogP contribution in [0.4, 0.5) is 0 Å². The van der Waals surface area contributed by atoms with Gasteiger partial charge in [-0.2, -0.15) is 0 Å². The van der Waals surface area contributed by atoms with Crippen LogP contribution >= 0.6 is 0 Å². The number of Topliss-reactive ketones (excluding diaryl/α,β-unsaturated/α-hetero) is 1. The van der Waals surface area contributed by atoms with E-state index in [1.807, 2.05) is 0 Å². The maximum atomic E-state index is 13.0. The molecule has 15 nitrogen and oxygen atoms in total. The number of benzene rings is 2. The molecule has 2 aromatic rings. The van der Waals surface area contributed by atoms with Gasteiger partial charge in [-0.3, -0.25) is 4.79 Å². The first-order valence-electron chi connectivity index (χ1n) is 13.5. The molecule has 5 rings (SSSR count). The van der Waals surface area contributed by atoms with Crippen LogP contribution < -0.4 is 14.2 Å². The number of carbonyl (C=O) groups is 1. The van der Waals surface area contributed by atoms with Crippen molar-refractivity contribution < 1.29 is 74.1 Å². The Balaban J connectivity index is 1.41. The Hall–Kier alpha value is -3.25. The minimum absolute atomic E-state index is 0.0592. The molecule has 11 atom stereocenters. The lowest BCUT2D eigenvalue weighted by Crippen LogP contribution is -2.64. The number of hydrogen-bond acceptors (Lipinski definition) is 15. The predicted molar refractivity (Wildman–Crippen MR) is 141 cm³/mol. The molecule has 3 aliphatic rings. The van der Waals surface area contributed by atoms with Crippen molar-refractivity contribution in [1.82, 2.24) is 0 Å². The summed E-state index contributed by atoms with van der Waals surface area (Å²) >= 11 is 0. The van der Waals surface area contributed by atoms with Crippen LogP contribution in [0.3, 0.4) is 0 Å². The summed E-state index contributed by atoms with van der Waals surface area (Å²) in [7, 11) is 1.39. The molecule has 2 fully saturated rings. The summed E-state index contributed by atoms with van der Waals surface area (Å²) in [4.78, 5) is 13.0. The van der Waals surface area contributed by atoms with Crippen LogP contribution in [0, 0.1) is 0 Å². The van der Waals surface area contributed by atoms with Crippen LogP contribution in [0.2, 0.25) is 0 Å². The van der Waals surface area contributed by atoms with Crippen molar-refractivity contribution in [2.45, 2.75) is 80.9 Å². The van der Waals surface area contributed by atoms with E-state index in [1.54, 1.807) is 6.07 Å². The minimum Gasteiger partial charge on any atom is -0.507 e. The van der Waals surface area contributed by atoms with Gasteiger partial charge in [0.05, 0.1) is 26.2 Å². The van der Waals surface area contributed by atoms with Gasteiger partial charge in [-0.25, -0.2) is 0 Å². The Bertz CT molecular complexity index is 1320. The molecule has 0 amide bonds. The minimum atomic E-state index is -1.76. The summed E-state index contributed by atoms with van der Waals surface area (Å²) in [6.45, 7) is 0.699. The van der Waals surface area contributed by atoms with Crippen molar-refractivity contribution in [3.05, 3.63) is 41.5 Å². The number of methoxy groups -OCH3 is 1. The molecule has 8 N–H and O–H groups in total. The lowest BCUT2D eigenvalue weighted by Gasteiger charge is -2.45. The second kappa shape index (κ2) is 12.4. The van der Waals surface area contributed by atoms with Gasteiger partial charge in [-0.05, 0) is 24.6 Å². The van der Waals surface area contributed by atoms with Crippen molar-refractivity contribution in [2.75, 3.05) is 13.7 Å². The van der Waals surface area contributed by atoms with E-state index in [9.17, 15) is 45.6 Å². The van der Waals surface area contributed by atoms with E-state index in [4.69, 9.17) is 28.4 Å². The zero-order valence-corrected chi connectivity index (χ0v) is 23.1. The fourth-order valence-electron chi connectivity index (χ4n) is 5.29. The van der Waals surface area contributed by atoms with Gasteiger partial charge in [0, 0.05) is 12.1 Å². The molecule has 1 unspecified atom stereocenters. The second-order valence-electron chi connectivity index (χ2n) is 10.6. The first kappa shape index (κ1) is 31.2. The summed E-state index contributed by atoms with van der Waals surface area (Å²) in [5.74, 6) is -1.06. The summed E-state index contributed by atoms with van der Waals surface area (Å²) in [6, 6.07) is 6.89. The molecule has 0 aliphatic carbocycles. The molecule has 0 saturated carbocycles. The summed E-state index contributed by atoms with van der Waals surface area (Å²) in [5, 5.41) is 82.4. The normalized spacial score (nSPS) is 36.0. The number of hydrogen-bond donors (Lipinski definition) is 8. The van der Waals surface area contributed by atoms with Gasteiger partial charge in [0.15, 0.2) is 29.7 Å². The Labute approximate surface area is 245 Å². The number of carbonyl (C=O) groups excluding carboxylic acids is 1. The molecular formula is C28H34O15. The molecule has 0 bridgehead atoms. The Kier molecular flexibility index (Phi) is 8.99. The van der Waals surface area contributed by atoms with Gasteiger partial charge in [-0.1, -0.05) is 6.07 Å². The number of aliphatic hydroxyl groups excluding tert-OH is 6. The van der Waals surface area contributed by atoms with Crippen LogP contribution in [-0.4, -0.2) is 122 Å². The number of ketones is 1. The standard InChI is InChI=1S/C28H34O15/c1-10-21(33)23(35)25(37)27(39-10)43-26-24(36)22(34)19(9-29)42-28(26)40-12-6-14(31)20-15(32)8-17(41-18(20)7-12)11-3-4-16(38-2)13(30)5-11/h3-7,10,17,19,21-31,33-37H,8-9H2,1-2H3/t10-,17-,19+,21-,22+,23?,24-,25+,26+,27-,28+/m0/s1. The van der Waals surface area contributed by atoms with Crippen molar-refractivity contribution in [3.8, 4) is 28.7 Å². The molecule has 43 heavy (non-hydrogen) atoms. The number of phenolic OH excluding ortho intramolecular Hbond substituents is 2. The van der Waals surface area contributed by atoms with Gasteiger partial charge in [0.25, 0.3) is 0 Å². The lowest BCUT2D eigenvalue weighted by atomic mass is 9.95. The smallest absolute Gasteiger partial charge is 0.229 e. The quantitative estimate of drug-likeness (QED) is 0.185. The van der Waals surface area contributed by atoms with E-state index in [2.05, 4.69) is 0 Å². The highest BCUT2D eigenvalue weighted by Crippen LogP contribution is 2.43. The van der Waals surface area contributed by atoms with Crippen molar-refractivity contribution in [2.24, 2.45) is 0 Å². The molecule has 3 heterocycles. The number of rotatable bonds is 7. The number of fused-ring (bicyclic) bond motifs is 1. The van der Waals surface area contributed by atoms with Gasteiger partial charge in [0.1, 0.15) is 65.5 Å². The van der Waals surface area contributed by atoms with E-state index in [-0.39, 0.29) is 35.0 Å². The van der Waals surface area contributed by atoms with Crippen LogP contribution in [-0.2, 0) is 14.2 Å². The molecule has 2 aromatic carbocycles. The lowest BCUT2D eigenvalue weighted by molar-refractivity contribution is -0.354. The molecule has 0 aromatic heterocycles. The van der Waals surface area contributed by atoms with E-state index in [1.165, 1.54) is 32.2 Å². The maximum Gasteiger partial charge on any atom is 0.229 e. The molecule has 236 valence electrons.